The van der Waals surface area contributed by atoms with E-state index in [9.17, 15) is 18.0 Å². The highest BCUT2D eigenvalue weighted by atomic mass is 32.2. The van der Waals surface area contributed by atoms with E-state index in [1.165, 1.54) is 29.7 Å². The Morgan fingerprint density at radius 1 is 0.964 bits per heavy atom. The van der Waals surface area contributed by atoms with E-state index >= 15 is 0 Å². The van der Waals surface area contributed by atoms with Crippen molar-refractivity contribution in [1.29, 1.82) is 0 Å². The Morgan fingerprint density at radius 3 is 2.11 bits per heavy atom. The number of pyridine rings is 1. The van der Waals surface area contributed by atoms with Gasteiger partial charge in [-0.15, -0.1) is 0 Å². The lowest BCUT2D eigenvalue weighted by molar-refractivity contribution is -0.114. The van der Waals surface area contributed by atoms with Crippen LogP contribution in [0.15, 0.2) is 53.7 Å². The van der Waals surface area contributed by atoms with Gasteiger partial charge in [0.1, 0.15) is 4.90 Å². The maximum atomic E-state index is 12.6. The number of nitrogens with zero attached hydrogens (tertiary/aromatic N) is 3. The number of urea groups is 1. The van der Waals surface area contributed by atoms with Gasteiger partial charge in [-0.05, 0) is 36.4 Å². The van der Waals surface area contributed by atoms with Gasteiger partial charge in [0.25, 0.3) is 0 Å². The summed E-state index contributed by atoms with van der Waals surface area (Å²) in [5.74, 6) is -0.170. The molecule has 2 N–H and O–H groups in total. The number of hydrogen-bond acceptors (Lipinski definition) is 5. The highest BCUT2D eigenvalue weighted by Gasteiger charge is 2.30. The molecule has 28 heavy (non-hydrogen) atoms. The molecule has 0 atom stereocenters. The number of rotatable bonds is 4. The van der Waals surface area contributed by atoms with E-state index in [0.29, 0.717) is 11.4 Å². The Morgan fingerprint density at radius 2 is 1.57 bits per heavy atom. The molecule has 10 heteroatoms. The topological polar surface area (TPSA) is 112 Å². The highest BCUT2D eigenvalue weighted by Crippen LogP contribution is 2.18. The van der Waals surface area contributed by atoms with Gasteiger partial charge in [-0.1, -0.05) is 0 Å². The van der Waals surface area contributed by atoms with Crippen molar-refractivity contribution in [1.82, 2.24) is 14.2 Å². The van der Waals surface area contributed by atoms with E-state index in [-0.39, 0.29) is 43.0 Å². The fourth-order valence-electron chi connectivity index (χ4n) is 2.82. The van der Waals surface area contributed by atoms with E-state index in [0.717, 1.165) is 0 Å². The Hall–Kier alpha value is -2.98. The van der Waals surface area contributed by atoms with Gasteiger partial charge < -0.3 is 15.5 Å². The largest absolute Gasteiger partial charge is 0.326 e. The molecule has 0 unspecified atom stereocenters. The lowest BCUT2D eigenvalue weighted by Crippen LogP contribution is -2.51. The molecule has 1 saturated heterocycles. The third kappa shape index (κ3) is 4.65. The number of anilines is 2. The SMILES string of the molecule is CC(=O)Nc1ccc(NC(=O)N2CCN(S(=O)(=O)c3cccnc3)CC2)cc1. The van der Waals surface area contributed by atoms with E-state index in [1.54, 1.807) is 35.2 Å². The molecule has 1 aliphatic heterocycles. The number of benzene rings is 1. The van der Waals surface area contributed by atoms with Crippen molar-refractivity contribution in [3.63, 3.8) is 0 Å². The van der Waals surface area contributed by atoms with Crippen LogP contribution in [0, 0.1) is 0 Å². The van der Waals surface area contributed by atoms with Gasteiger partial charge in [0.15, 0.2) is 0 Å². The average molecular weight is 403 g/mol. The molecule has 0 spiro atoms. The molecule has 0 aliphatic carbocycles. The number of hydrogen-bond donors (Lipinski definition) is 2. The van der Waals surface area contributed by atoms with E-state index in [1.807, 2.05) is 0 Å². The molecule has 1 fully saturated rings. The number of sulfonamides is 1. The summed E-state index contributed by atoms with van der Waals surface area (Å²) in [6, 6.07) is 9.54. The maximum Gasteiger partial charge on any atom is 0.321 e. The van der Waals surface area contributed by atoms with Crippen LogP contribution >= 0.6 is 0 Å². The van der Waals surface area contributed by atoms with Crippen LogP contribution in [0.5, 0.6) is 0 Å². The van der Waals surface area contributed by atoms with Crippen LogP contribution in [0.25, 0.3) is 0 Å². The number of amides is 3. The summed E-state index contributed by atoms with van der Waals surface area (Å²) >= 11 is 0. The molecule has 2 aromatic rings. The van der Waals surface area contributed by atoms with E-state index < -0.39 is 10.0 Å². The molecule has 148 valence electrons. The van der Waals surface area contributed by atoms with Gasteiger partial charge in [0.2, 0.25) is 15.9 Å². The van der Waals surface area contributed by atoms with Gasteiger partial charge in [0, 0.05) is 56.9 Å². The van der Waals surface area contributed by atoms with Crippen LogP contribution in [-0.4, -0.2) is 60.7 Å². The fraction of sp³-hybridized carbons (Fsp3) is 0.278. The first-order valence-corrected chi connectivity index (χ1v) is 10.1. The smallest absolute Gasteiger partial charge is 0.321 e. The number of carbonyl (C=O) groups excluding carboxylic acids is 2. The zero-order valence-corrected chi connectivity index (χ0v) is 16.1. The van der Waals surface area contributed by atoms with Crippen molar-refractivity contribution in [2.75, 3.05) is 36.8 Å². The molecule has 1 aromatic carbocycles. The van der Waals surface area contributed by atoms with Crippen LogP contribution < -0.4 is 10.6 Å². The van der Waals surface area contributed by atoms with E-state index in [2.05, 4.69) is 15.6 Å². The molecule has 0 saturated carbocycles. The second-order valence-electron chi connectivity index (χ2n) is 6.27. The van der Waals surface area contributed by atoms with Gasteiger partial charge in [0.05, 0.1) is 0 Å². The summed E-state index contributed by atoms with van der Waals surface area (Å²) in [4.78, 5) is 29.0. The number of carbonyl (C=O) groups is 2. The minimum atomic E-state index is -3.61. The molecule has 1 aliphatic rings. The first-order valence-electron chi connectivity index (χ1n) is 8.70. The molecule has 2 heterocycles. The van der Waals surface area contributed by atoms with Crippen molar-refractivity contribution < 1.29 is 18.0 Å². The quantitative estimate of drug-likeness (QED) is 0.805. The predicted octanol–water partition coefficient (Wildman–Crippen LogP) is 1.58. The monoisotopic (exact) mass is 403 g/mol. The molecular weight excluding hydrogens is 382 g/mol. The van der Waals surface area contributed by atoms with Crippen LogP contribution in [0.4, 0.5) is 16.2 Å². The lowest BCUT2D eigenvalue weighted by atomic mass is 10.2. The summed E-state index contributed by atoms with van der Waals surface area (Å²) in [5, 5.41) is 5.43. The lowest BCUT2D eigenvalue weighted by Gasteiger charge is -2.33. The summed E-state index contributed by atoms with van der Waals surface area (Å²) < 4.78 is 26.6. The Labute approximate surface area is 163 Å². The molecule has 3 amide bonds. The first kappa shape index (κ1) is 19.8. The average Bonchev–Trinajstić information content (AvgIpc) is 2.70. The van der Waals surface area contributed by atoms with Crippen molar-refractivity contribution >= 4 is 33.3 Å². The number of nitrogens with one attached hydrogen (secondary N) is 2. The van der Waals surface area contributed by atoms with Crippen molar-refractivity contribution in [2.45, 2.75) is 11.8 Å². The van der Waals surface area contributed by atoms with Crippen molar-refractivity contribution in [3.05, 3.63) is 48.8 Å². The minimum Gasteiger partial charge on any atom is -0.326 e. The van der Waals surface area contributed by atoms with Crippen molar-refractivity contribution in [2.24, 2.45) is 0 Å². The molecule has 0 bridgehead atoms. The second kappa shape index (κ2) is 8.36. The Bertz CT molecular complexity index is 940. The molecule has 9 nitrogen and oxygen atoms in total. The van der Waals surface area contributed by atoms with Crippen molar-refractivity contribution in [3.8, 4) is 0 Å². The number of piperazine rings is 1. The predicted molar refractivity (Wildman–Crippen MR) is 104 cm³/mol. The third-order valence-electron chi connectivity index (χ3n) is 4.25. The summed E-state index contributed by atoms with van der Waals surface area (Å²) in [6.07, 6.45) is 2.84. The van der Waals surface area contributed by atoms with Gasteiger partial charge in [-0.25, -0.2) is 13.2 Å². The summed E-state index contributed by atoms with van der Waals surface area (Å²) in [7, 11) is -3.61. The first-order chi connectivity index (χ1) is 13.4. The normalized spacial score (nSPS) is 15.1. The number of aromatic nitrogens is 1. The maximum absolute atomic E-state index is 12.6. The minimum absolute atomic E-state index is 0.146. The van der Waals surface area contributed by atoms with Gasteiger partial charge >= 0.3 is 6.03 Å². The van der Waals surface area contributed by atoms with Crippen LogP contribution in [0.2, 0.25) is 0 Å². The second-order valence-corrected chi connectivity index (χ2v) is 8.21. The third-order valence-corrected chi connectivity index (χ3v) is 6.14. The Kier molecular flexibility index (Phi) is 5.90. The Balaban J connectivity index is 1.56. The zero-order valence-electron chi connectivity index (χ0n) is 15.3. The standard InChI is InChI=1S/C18H21N5O4S/c1-14(24)20-15-4-6-16(7-5-15)21-18(25)22-9-11-23(12-10-22)28(26,27)17-3-2-8-19-13-17/h2-8,13H,9-12H2,1H3,(H,20,24)(H,21,25). The zero-order chi connectivity index (χ0) is 20.1. The van der Waals surface area contributed by atoms with Gasteiger partial charge in [-0.2, -0.15) is 4.31 Å². The summed E-state index contributed by atoms with van der Waals surface area (Å²) in [5.41, 5.74) is 1.23. The fourth-order valence-corrected chi connectivity index (χ4v) is 4.21. The molecule has 3 rings (SSSR count). The van der Waals surface area contributed by atoms with Gasteiger partial charge in [-0.3, -0.25) is 9.78 Å². The van der Waals surface area contributed by atoms with Crippen LogP contribution in [0.3, 0.4) is 0 Å². The molecule has 1 aromatic heterocycles. The van der Waals surface area contributed by atoms with E-state index in [4.69, 9.17) is 0 Å². The highest BCUT2D eigenvalue weighted by molar-refractivity contribution is 7.89. The summed E-state index contributed by atoms with van der Waals surface area (Å²) in [6.45, 7) is 2.42. The van der Waals surface area contributed by atoms with Crippen LogP contribution in [-0.2, 0) is 14.8 Å². The molecule has 0 radical (unpaired) electrons. The van der Waals surface area contributed by atoms with Crippen LogP contribution in [0.1, 0.15) is 6.92 Å². The molecular formula is C18H21N5O4S.